The Morgan fingerprint density at radius 2 is 0.706 bits per heavy atom. The van der Waals surface area contributed by atoms with E-state index in [1.807, 2.05) is 0 Å². The molecule has 2 atom stereocenters. The Kier molecular flexibility index (Phi) is 56.5. The minimum Gasteiger partial charge on any atom is -0.466 e. The van der Waals surface area contributed by atoms with Crippen LogP contribution in [0.1, 0.15) is 335 Å². The normalized spacial score (nSPS) is 12.7. The van der Waals surface area contributed by atoms with Gasteiger partial charge in [0, 0.05) is 12.8 Å². The van der Waals surface area contributed by atoms with Crippen molar-refractivity contribution in [2.45, 2.75) is 347 Å². The zero-order valence-corrected chi connectivity index (χ0v) is 45.9. The van der Waals surface area contributed by atoms with Crippen LogP contribution in [0.15, 0.2) is 24.3 Å². The quantitative estimate of drug-likeness (QED) is 0.0321. The molecule has 0 aromatic rings. The Morgan fingerprint density at radius 1 is 0.397 bits per heavy atom. The second kappa shape index (κ2) is 57.9. The standard InChI is InChI=1S/C62H119NO5/c1-3-5-7-9-11-13-15-16-17-18-19-20-21-22-25-28-31-35-38-42-46-50-54-60(65)59(58-64)63-61(66)55-51-47-43-39-36-32-29-26-23-24-27-30-33-37-41-45-49-53-57-68-62(67)56-52-48-44-40-34-14-12-10-8-6-4-2/h10,12,26,29,59-60,64-65H,3-9,11,13-25,27-28,30-58H2,1-2H3,(H,63,66)/b12-10-,29-26-. The van der Waals surface area contributed by atoms with Crippen LogP contribution in [0.5, 0.6) is 0 Å². The Morgan fingerprint density at radius 3 is 1.09 bits per heavy atom. The first-order valence-electron chi connectivity index (χ1n) is 30.6. The van der Waals surface area contributed by atoms with Gasteiger partial charge < -0.3 is 20.3 Å². The Balaban J connectivity index is 3.45. The number of esters is 1. The van der Waals surface area contributed by atoms with Gasteiger partial charge in [-0.3, -0.25) is 9.59 Å². The van der Waals surface area contributed by atoms with Crippen LogP contribution in [0.3, 0.4) is 0 Å². The summed E-state index contributed by atoms with van der Waals surface area (Å²) >= 11 is 0. The molecule has 0 rings (SSSR count). The summed E-state index contributed by atoms with van der Waals surface area (Å²) in [5, 5.41) is 23.4. The highest BCUT2D eigenvalue weighted by Gasteiger charge is 2.20. The summed E-state index contributed by atoms with van der Waals surface area (Å²) in [7, 11) is 0. The van der Waals surface area contributed by atoms with Crippen molar-refractivity contribution < 1.29 is 24.5 Å². The van der Waals surface area contributed by atoms with Crippen LogP contribution in [0, 0.1) is 0 Å². The average Bonchev–Trinajstić information content (AvgIpc) is 3.34. The lowest BCUT2D eigenvalue weighted by atomic mass is 10.0. The third kappa shape index (κ3) is 53.7. The largest absolute Gasteiger partial charge is 0.466 e. The van der Waals surface area contributed by atoms with Crippen molar-refractivity contribution >= 4 is 11.9 Å². The van der Waals surface area contributed by atoms with Crippen molar-refractivity contribution in [2.24, 2.45) is 0 Å². The average molecular weight is 959 g/mol. The number of allylic oxidation sites excluding steroid dienone is 4. The molecule has 402 valence electrons. The monoisotopic (exact) mass is 958 g/mol. The number of rotatable bonds is 57. The Hall–Kier alpha value is -1.66. The fourth-order valence-corrected chi connectivity index (χ4v) is 9.50. The third-order valence-corrected chi connectivity index (χ3v) is 14.2. The molecule has 0 bridgehead atoms. The third-order valence-electron chi connectivity index (χ3n) is 14.2. The van der Waals surface area contributed by atoms with E-state index in [2.05, 4.69) is 43.5 Å². The maximum absolute atomic E-state index is 12.5. The van der Waals surface area contributed by atoms with Crippen molar-refractivity contribution in [3.05, 3.63) is 24.3 Å². The predicted octanol–water partition coefficient (Wildman–Crippen LogP) is 19.0. The number of unbranched alkanes of at least 4 members (excludes halogenated alkanes) is 42. The summed E-state index contributed by atoms with van der Waals surface area (Å²) in [6.45, 7) is 4.92. The van der Waals surface area contributed by atoms with Gasteiger partial charge in [-0.25, -0.2) is 0 Å². The highest BCUT2D eigenvalue weighted by atomic mass is 16.5. The predicted molar refractivity (Wildman–Crippen MR) is 296 cm³/mol. The van der Waals surface area contributed by atoms with Gasteiger partial charge in [-0.2, -0.15) is 0 Å². The minimum absolute atomic E-state index is 0.00761. The zero-order chi connectivity index (χ0) is 49.3. The number of amides is 1. The van der Waals surface area contributed by atoms with Gasteiger partial charge in [0.05, 0.1) is 25.4 Å². The van der Waals surface area contributed by atoms with Crippen LogP contribution in [-0.4, -0.2) is 47.4 Å². The summed E-state index contributed by atoms with van der Waals surface area (Å²) in [6.07, 6.45) is 70.4. The molecule has 0 heterocycles. The molecule has 0 aliphatic heterocycles. The fourth-order valence-electron chi connectivity index (χ4n) is 9.50. The number of aliphatic hydroxyl groups is 2. The minimum atomic E-state index is -0.674. The smallest absolute Gasteiger partial charge is 0.305 e. The lowest BCUT2D eigenvalue weighted by molar-refractivity contribution is -0.143. The van der Waals surface area contributed by atoms with E-state index < -0.39 is 12.1 Å². The van der Waals surface area contributed by atoms with Crippen molar-refractivity contribution in [2.75, 3.05) is 13.2 Å². The number of hydrogen-bond acceptors (Lipinski definition) is 5. The lowest BCUT2D eigenvalue weighted by Crippen LogP contribution is -2.45. The van der Waals surface area contributed by atoms with Crippen molar-refractivity contribution in [1.82, 2.24) is 5.32 Å². The second-order valence-electron chi connectivity index (χ2n) is 21.0. The molecule has 0 aliphatic rings. The SMILES string of the molecule is CCCC/C=C\CCCCCCCC(=O)OCCCCCCCCCCC/C=C\CCCCCCCC(=O)NC(CO)C(O)CCCCCCCCCCCCCCCCCCCCCCCC. The van der Waals surface area contributed by atoms with Gasteiger partial charge in [0.25, 0.3) is 0 Å². The highest BCUT2D eigenvalue weighted by molar-refractivity contribution is 5.76. The number of carbonyl (C=O) groups is 2. The summed E-state index contributed by atoms with van der Waals surface area (Å²) < 4.78 is 5.45. The number of hydrogen-bond donors (Lipinski definition) is 3. The number of nitrogens with one attached hydrogen (secondary N) is 1. The van der Waals surface area contributed by atoms with E-state index in [1.165, 1.54) is 244 Å². The van der Waals surface area contributed by atoms with E-state index in [-0.39, 0.29) is 18.5 Å². The van der Waals surface area contributed by atoms with Crippen LogP contribution in [0.4, 0.5) is 0 Å². The molecule has 0 aromatic heterocycles. The van der Waals surface area contributed by atoms with Crippen LogP contribution in [0.25, 0.3) is 0 Å². The van der Waals surface area contributed by atoms with Gasteiger partial charge >= 0.3 is 5.97 Å². The van der Waals surface area contributed by atoms with Crippen LogP contribution in [-0.2, 0) is 14.3 Å². The van der Waals surface area contributed by atoms with E-state index in [0.717, 1.165) is 57.8 Å². The Bertz CT molecular complexity index is 1060. The maximum atomic E-state index is 12.5. The molecule has 0 spiro atoms. The molecule has 0 radical (unpaired) electrons. The van der Waals surface area contributed by atoms with Crippen molar-refractivity contribution in [3.63, 3.8) is 0 Å². The molecule has 1 amide bonds. The van der Waals surface area contributed by atoms with Gasteiger partial charge in [0.2, 0.25) is 5.91 Å². The van der Waals surface area contributed by atoms with Crippen molar-refractivity contribution in [1.29, 1.82) is 0 Å². The summed E-state index contributed by atoms with van der Waals surface area (Å²) in [6, 6.07) is -0.552. The lowest BCUT2D eigenvalue weighted by Gasteiger charge is -2.22. The molecular formula is C62H119NO5. The first-order valence-corrected chi connectivity index (χ1v) is 30.6. The molecule has 2 unspecified atom stereocenters. The van der Waals surface area contributed by atoms with E-state index in [4.69, 9.17) is 4.74 Å². The molecular weight excluding hydrogens is 839 g/mol. The molecule has 6 nitrogen and oxygen atoms in total. The summed E-state index contributed by atoms with van der Waals surface area (Å²) in [5.41, 5.74) is 0. The number of carbonyl (C=O) groups excluding carboxylic acids is 2. The van der Waals surface area contributed by atoms with E-state index in [1.54, 1.807) is 0 Å². The van der Waals surface area contributed by atoms with Crippen LogP contribution >= 0.6 is 0 Å². The van der Waals surface area contributed by atoms with Gasteiger partial charge in [-0.1, -0.05) is 276 Å². The Labute approximate surface area is 424 Å². The number of aliphatic hydroxyl groups excluding tert-OH is 2. The molecule has 0 aromatic carbocycles. The molecule has 0 saturated carbocycles. The van der Waals surface area contributed by atoms with E-state index in [0.29, 0.717) is 25.9 Å². The van der Waals surface area contributed by atoms with E-state index >= 15 is 0 Å². The van der Waals surface area contributed by atoms with Gasteiger partial charge in [-0.05, 0) is 70.6 Å². The second-order valence-corrected chi connectivity index (χ2v) is 21.0. The highest BCUT2D eigenvalue weighted by Crippen LogP contribution is 2.18. The maximum Gasteiger partial charge on any atom is 0.305 e. The molecule has 0 aliphatic carbocycles. The molecule has 6 heteroatoms. The molecule has 3 N–H and O–H groups in total. The first kappa shape index (κ1) is 66.3. The summed E-state index contributed by atoms with van der Waals surface area (Å²) in [4.78, 5) is 24.5. The van der Waals surface area contributed by atoms with E-state index in [9.17, 15) is 19.8 Å². The first-order chi connectivity index (χ1) is 33.5. The van der Waals surface area contributed by atoms with Crippen LogP contribution in [0.2, 0.25) is 0 Å². The van der Waals surface area contributed by atoms with Gasteiger partial charge in [0.15, 0.2) is 0 Å². The van der Waals surface area contributed by atoms with Crippen molar-refractivity contribution in [3.8, 4) is 0 Å². The van der Waals surface area contributed by atoms with Gasteiger partial charge in [0.1, 0.15) is 0 Å². The number of ether oxygens (including phenoxy) is 1. The zero-order valence-electron chi connectivity index (χ0n) is 45.9. The summed E-state index contributed by atoms with van der Waals surface area (Å²) in [5.74, 6) is -0.0539. The topological polar surface area (TPSA) is 95.9 Å². The molecule has 0 fully saturated rings. The van der Waals surface area contributed by atoms with Gasteiger partial charge in [-0.15, -0.1) is 0 Å². The molecule has 0 saturated heterocycles. The van der Waals surface area contributed by atoms with Crippen LogP contribution < -0.4 is 5.32 Å². The fraction of sp³-hybridized carbons (Fsp3) is 0.903. The molecule has 68 heavy (non-hydrogen) atoms.